The summed E-state index contributed by atoms with van der Waals surface area (Å²) in [5, 5.41) is -1.95. The highest BCUT2D eigenvalue weighted by Gasteiger charge is 2.41. The lowest BCUT2D eigenvalue weighted by molar-refractivity contribution is 0.479. The predicted octanol–water partition coefficient (Wildman–Crippen LogP) is 10.8. The van der Waals surface area contributed by atoms with Gasteiger partial charge in [0.1, 0.15) is 17.2 Å². The van der Waals surface area contributed by atoms with Crippen molar-refractivity contribution < 1.29 is 49.1 Å². The molecule has 5 heteroatoms. The molecular formula is C48H29BN2O2. The van der Waals surface area contributed by atoms with Gasteiger partial charge in [0.15, 0.2) is 0 Å². The first-order valence-electron chi connectivity index (χ1n) is 30.3. The molecule has 0 atom stereocenters. The SMILES string of the molecule is [2H]c1c([2H])c([2H])c2c(c1[2H])OB1c3c([2H])c(-c4c([2H])c([2H])c([2H])c([2H])c4-n4c5c([2H])c([2H])c([2H])c([2H])c5c5c([2H])c([2H])c([2H])c([2H])c54)c([2H])c([2H])c3Oc3c([2H])c(-n4c5c([2H])c([2H])c([2H])c([2H])c5c5c([2H])c([2H])c([2H])c([2H])c54)c([2H])c-2c31. The third-order valence-corrected chi connectivity index (χ3v) is 9.09. The number of hydrogen-bond acceptors (Lipinski definition) is 2. The third kappa shape index (κ3) is 4.02. The zero-order chi connectivity index (χ0) is 59.9. The summed E-state index contributed by atoms with van der Waals surface area (Å²) < 4.78 is 278. The Bertz CT molecular complexity index is 4670. The first-order chi connectivity index (χ1) is 38.4. The summed E-state index contributed by atoms with van der Waals surface area (Å²) >= 11 is 0. The minimum Gasteiger partial charge on any atom is -0.551 e. The zero-order valence-electron chi connectivity index (χ0n) is 55.3. The van der Waals surface area contributed by atoms with Crippen LogP contribution in [0.15, 0.2) is 175 Å². The topological polar surface area (TPSA) is 28.3 Å². The van der Waals surface area contributed by atoms with Crippen LogP contribution in [-0.2, 0) is 0 Å². The molecule has 10 aromatic rings. The number of ether oxygens (including phenoxy) is 1. The van der Waals surface area contributed by atoms with Crippen LogP contribution in [0.1, 0.15) is 39.8 Å². The van der Waals surface area contributed by atoms with Gasteiger partial charge in [0.05, 0.1) is 73.2 Å². The fourth-order valence-corrected chi connectivity index (χ4v) is 6.94. The summed E-state index contributed by atoms with van der Waals surface area (Å²) in [4.78, 5) is 0. The third-order valence-electron chi connectivity index (χ3n) is 9.09. The second-order valence-corrected chi connectivity index (χ2v) is 11.8. The molecule has 2 aromatic heterocycles. The highest BCUT2D eigenvalue weighted by Crippen LogP contribution is 2.43. The number of para-hydroxylation sites is 6. The van der Waals surface area contributed by atoms with Crippen LogP contribution in [0.5, 0.6) is 17.2 Å². The van der Waals surface area contributed by atoms with Crippen LogP contribution in [0, 0.1) is 0 Å². The van der Waals surface area contributed by atoms with Crippen LogP contribution in [-0.4, -0.2) is 16.0 Å². The van der Waals surface area contributed by atoms with Gasteiger partial charge in [0.25, 0.3) is 0 Å². The van der Waals surface area contributed by atoms with Gasteiger partial charge in [0.2, 0.25) is 0 Å². The lowest BCUT2D eigenvalue weighted by Crippen LogP contribution is -2.53. The molecule has 0 aliphatic carbocycles. The number of nitrogens with zero attached hydrogens (tertiary/aromatic N) is 2. The average Bonchev–Trinajstić information content (AvgIpc) is 4.17. The van der Waals surface area contributed by atoms with Crippen LogP contribution in [0.25, 0.3) is 77.2 Å². The molecule has 8 aromatic carbocycles. The van der Waals surface area contributed by atoms with Gasteiger partial charge in [-0.25, -0.2) is 0 Å². The van der Waals surface area contributed by atoms with E-state index in [9.17, 15) is 11.0 Å². The number of hydrogen-bond donors (Lipinski definition) is 0. The van der Waals surface area contributed by atoms with E-state index in [1.807, 2.05) is 0 Å². The Labute approximate surface area is 346 Å². The average molecular weight is 706 g/mol. The molecule has 4 heterocycles. The van der Waals surface area contributed by atoms with E-state index in [1.165, 1.54) is 0 Å². The molecule has 0 radical (unpaired) electrons. The quantitative estimate of drug-likeness (QED) is 0.171. The van der Waals surface area contributed by atoms with E-state index in [2.05, 4.69) is 0 Å². The van der Waals surface area contributed by atoms with E-state index in [0.717, 1.165) is 9.13 Å². The van der Waals surface area contributed by atoms with Crippen molar-refractivity contribution in [1.82, 2.24) is 9.13 Å². The fourth-order valence-electron chi connectivity index (χ4n) is 6.94. The van der Waals surface area contributed by atoms with Gasteiger partial charge < -0.3 is 18.5 Å². The summed E-state index contributed by atoms with van der Waals surface area (Å²) in [5.74, 6) is -2.23. The van der Waals surface area contributed by atoms with Crippen molar-refractivity contribution in [2.75, 3.05) is 0 Å². The molecule has 4 nitrogen and oxygen atoms in total. The van der Waals surface area contributed by atoms with Crippen molar-refractivity contribution in [2.24, 2.45) is 0 Å². The molecule has 0 amide bonds. The van der Waals surface area contributed by atoms with E-state index in [-0.39, 0.29) is 0 Å². The molecule has 12 rings (SSSR count). The normalized spacial score (nSPS) is 20.5. The molecule has 53 heavy (non-hydrogen) atoms. The number of benzene rings is 8. The Kier molecular flexibility index (Phi) is 2.56. The lowest BCUT2D eigenvalue weighted by Gasteiger charge is -2.33. The maximum atomic E-state index is 10.1. The smallest absolute Gasteiger partial charge is 0.434 e. The summed E-state index contributed by atoms with van der Waals surface area (Å²) in [6.45, 7) is -2.04. The minimum absolute atomic E-state index is 0.463. The fraction of sp³-hybridized carbons (Fsp3) is 0. The number of rotatable bonds is 3. The second kappa shape index (κ2) is 10.8. The Hall–Kier alpha value is -6.98. The van der Waals surface area contributed by atoms with E-state index >= 15 is 0 Å². The molecule has 2 aliphatic rings. The zero-order valence-corrected chi connectivity index (χ0v) is 26.3. The number of fused-ring (bicyclic) bond motifs is 10. The molecule has 0 N–H and O–H groups in total. The van der Waals surface area contributed by atoms with Crippen LogP contribution in [0.4, 0.5) is 0 Å². The van der Waals surface area contributed by atoms with Crippen LogP contribution in [0.2, 0.25) is 0 Å². The summed E-state index contributed by atoms with van der Waals surface area (Å²) in [7, 11) is 0. The monoisotopic (exact) mass is 705 g/mol. The van der Waals surface area contributed by atoms with Gasteiger partial charge >= 0.3 is 6.92 Å². The Morgan fingerprint density at radius 3 is 1.64 bits per heavy atom. The standard InChI is InChI=1S/C48H29BN2O2/c1-7-19-40(51-43-22-10-4-16-35(43)36-17-5-11-23-44(36)51)32(13-1)30-25-26-46-39(27-30)49-48-38(37-18-6-12-24-45(37)53-49)28-31(29-47(48)52-46)50-41-20-8-2-14-33(41)34-15-3-9-21-42(34)50/h1-29H/i1D,2D,3D,4D,5D,6D,7D,8D,9D,10D,11D,12D,13D,14D,15D,16D,17D,18D,19D,20D,21D,22D,23D,24D,25D,26D,27D,28D,29D. The summed E-state index contributed by atoms with van der Waals surface area (Å²) in [6.07, 6.45) is 0. The van der Waals surface area contributed by atoms with Gasteiger partial charge in [-0.1, -0.05) is 121 Å². The van der Waals surface area contributed by atoms with Gasteiger partial charge in [0, 0.05) is 49.6 Å². The van der Waals surface area contributed by atoms with Crippen molar-refractivity contribution in [3.8, 4) is 50.9 Å². The van der Waals surface area contributed by atoms with Crippen LogP contribution in [0.3, 0.4) is 0 Å². The Balaban J connectivity index is 1.25. The van der Waals surface area contributed by atoms with Crippen LogP contribution < -0.4 is 20.3 Å². The summed E-state index contributed by atoms with van der Waals surface area (Å²) in [6, 6.07) is -26.1. The first-order valence-corrected chi connectivity index (χ1v) is 15.8. The first kappa shape index (κ1) is 12.6. The van der Waals surface area contributed by atoms with Crippen molar-refractivity contribution in [1.29, 1.82) is 0 Å². The minimum atomic E-state index is -2.04. The van der Waals surface area contributed by atoms with E-state index in [4.69, 9.17) is 38.2 Å². The molecule has 0 fully saturated rings. The van der Waals surface area contributed by atoms with Gasteiger partial charge in [-0.2, -0.15) is 0 Å². The molecule has 246 valence electrons. The van der Waals surface area contributed by atoms with Gasteiger partial charge in [-0.15, -0.1) is 0 Å². The van der Waals surface area contributed by atoms with Crippen molar-refractivity contribution in [3.05, 3.63) is 175 Å². The number of aromatic nitrogens is 2. The molecule has 0 saturated carbocycles. The molecule has 0 unspecified atom stereocenters. The predicted molar refractivity (Wildman–Crippen MR) is 218 cm³/mol. The van der Waals surface area contributed by atoms with Crippen molar-refractivity contribution >= 4 is 61.5 Å². The maximum Gasteiger partial charge on any atom is 0.434 e. The van der Waals surface area contributed by atoms with Crippen molar-refractivity contribution in [3.63, 3.8) is 0 Å². The van der Waals surface area contributed by atoms with Crippen LogP contribution >= 0.6 is 0 Å². The van der Waals surface area contributed by atoms with Crippen molar-refractivity contribution in [2.45, 2.75) is 0 Å². The molecule has 0 bridgehead atoms. The van der Waals surface area contributed by atoms with Gasteiger partial charge in [-0.05, 0) is 59.5 Å². The molecule has 2 aliphatic heterocycles. The molecular weight excluding hydrogens is 647 g/mol. The molecule has 0 spiro atoms. The maximum absolute atomic E-state index is 10.1. The Morgan fingerprint density at radius 2 is 0.981 bits per heavy atom. The Morgan fingerprint density at radius 1 is 0.434 bits per heavy atom. The highest BCUT2D eigenvalue weighted by atomic mass is 16.5. The highest BCUT2D eigenvalue weighted by molar-refractivity contribution is 6.84. The van der Waals surface area contributed by atoms with E-state index in [0.29, 0.717) is 0 Å². The second-order valence-electron chi connectivity index (χ2n) is 11.8. The van der Waals surface area contributed by atoms with Gasteiger partial charge in [-0.3, -0.25) is 0 Å². The summed E-state index contributed by atoms with van der Waals surface area (Å²) in [5.41, 5.74) is -7.89. The van der Waals surface area contributed by atoms with E-state index < -0.39 is 288 Å². The molecule has 0 saturated heterocycles. The largest absolute Gasteiger partial charge is 0.551 e. The lowest BCUT2D eigenvalue weighted by atomic mass is 9.50. The van der Waals surface area contributed by atoms with E-state index in [1.54, 1.807) is 0 Å².